The van der Waals surface area contributed by atoms with Gasteiger partial charge in [-0.2, -0.15) is 0 Å². The molecule has 1 aromatic rings. The summed E-state index contributed by atoms with van der Waals surface area (Å²) in [6.07, 6.45) is 0. The fourth-order valence-corrected chi connectivity index (χ4v) is 2.32. The highest BCUT2D eigenvalue weighted by Crippen LogP contribution is 2.20. The van der Waals surface area contributed by atoms with E-state index in [4.69, 9.17) is 9.47 Å². The maximum atomic E-state index is 5.57. The molecule has 19 heavy (non-hydrogen) atoms. The van der Waals surface area contributed by atoms with Gasteiger partial charge in [0.25, 0.3) is 0 Å². The lowest BCUT2D eigenvalue weighted by atomic mass is 10.2. The van der Waals surface area contributed by atoms with Gasteiger partial charge in [-0.1, -0.05) is 6.92 Å². The molecular formula is C15H24N2O2. The molecule has 2 rings (SSSR count). The second-order valence-electron chi connectivity index (χ2n) is 4.76. The number of ether oxygens (including phenoxy) is 2. The van der Waals surface area contributed by atoms with Crippen molar-refractivity contribution in [1.82, 2.24) is 4.90 Å². The number of hydrogen-bond acceptors (Lipinski definition) is 4. The van der Waals surface area contributed by atoms with Crippen LogP contribution < -0.4 is 9.64 Å². The van der Waals surface area contributed by atoms with Crippen LogP contribution in [0.15, 0.2) is 24.3 Å². The largest absolute Gasteiger partial charge is 0.491 e. The molecule has 0 aromatic heterocycles. The third-order valence-electron chi connectivity index (χ3n) is 3.58. The van der Waals surface area contributed by atoms with Gasteiger partial charge in [0.05, 0.1) is 6.61 Å². The number of methoxy groups -OCH3 is 1. The van der Waals surface area contributed by atoms with Crippen molar-refractivity contribution in [2.45, 2.75) is 6.92 Å². The van der Waals surface area contributed by atoms with E-state index in [1.54, 1.807) is 7.11 Å². The number of nitrogens with zero attached hydrogens (tertiary/aromatic N) is 2. The zero-order chi connectivity index (χ0) is 13.5. The molecule has 4 nitrogen and oxygen atoms in total. The van der Waals surface area contributed by atoms with Crippen LogP contribution >= 0.6 is 0 Å². The van der Waals surface area contributed by atoms with Crippen LogP contribution in [0.2, 0.25) is 0 Å². The molecule has 1 saturated heterocycles. The van der Waals surface area contributed by atoms with E-state index in [0.29, 0.717) is 13.2 Å². The molecule has 1 aromatic carbocycles. The Kier molecular flexibility index (Phi) is 5.48. The average Bonchev–Trinajstić information content (AvgIpc) is 2.48. The molecule has 0 spiro atoms. The predicted octanol–water partition coefficient (Wildman–Crippen LogP) is 1.85. The molecule has 106 valence electrons. The van der Waals surface area contributed by atoms with Crippen molar-refractivity contribution in [3.05, 3.63) is 24.3 Å². The summed E-state index contributed by atoms with van der Waals surface area (Å²) in [4.78, 5) is 4.92. The van der Waals surface area contributed by atoms with Gasteiger partial charge in [0, 0.05) is 39.0 Å². The molecular weight excluding hydrogens is 240 g/mol. The van der Waals surface area contributed by atoms with Gasteiger partial charge in [-0.05, 0) is 30.8 Å². The van der Waals surface area contributed by atoms with Crippen LogP contribution in [0.3, 0.4) is 0 Å². The Bertz CT molecular complexity index is 359. The van der Waals surface area contributed by atoms with Gasteiger partial charge >= 0.3 is 0 Å². The van der Waals surface area contributed by atoms with Crippen molar-refractivity contribution in [2.75, 3.05) is 57.9 Å². The van der Waals surface area contributed by atoms with E-state index in [9.17, 15) is 0 Å². The maximum Gasteiger partial charge on any atom is 0.119 e. The minimum atomic E-state index is 0.602. The Morgan fingerprint density at radius 2 is 1.68 bits per heavy atom. The van der Waals surface area contributed by atoms with Crippen LogP contribution in [-0.2, 0) is 4.74 Å². The molecule has 4 heteroatoms. The van der Waals surface area contributed by atoms with Crippen molar-refractivity contribution < 1.29 is 9.47 Å². The summed E-state index contributed by atoms with van der Waals surface area (Å²) in [7, 11) is 1.68. The fraction of sp³-hybridized carbons (Fsp3) is 0.600. The molecule has 0 radical (unpaired) electrons. The van der Waals surface area contributed by atoms with Crippen LogP contribution in [0.25, 0.3) is 0 Å². The molecule has 0 amide bonds. The first kappa shape index (κ1) is 14.2. The first-order chi connectivity index (χ1) is 9.33. The van der Waals surface area contributed by atoms with Crippen molar-refractivity contribution in [1.29, 1.82) is 0 Å². The average molecular weight is 264 g/mol. The Labute approximate surface area is 115 Å². The topological polar surface area (TPSA) is 24.9 Å². The molecule has 1 aliphatic rings. The number of piperazine rings is 1. The van der Waals surface area contributed by atoms with E-state index in [-0.39, 0.29) is 0 Å². The monoisotopic (exact) mass is 264 g/mol. The summed E-state index contributed by atoms with van der Waals surface area (Å²) in [5, 5.41) is 0. The van der Waals surface area contributed by atoms with Gasteiger partial charge in [0.1, 0.15) is 12.4 Å². The fourth-order valence-electron chi connectivity index (χ4n) is 2.32. The normalized spacial score (nSPS) is 16.6. The molecule has 0 N–H and O–H groups in total. The van der Waals surface area contributed by atoms with E-state index in [1.165, 1.54) is 5.69 Å². The highest BCUT2D eigenvalue weighted by atomic mass is 16.5. The van der Waals surface area contributed by atoms with Crippen molar-refractivity contribution in [3.63, 3.8) is 0 Å². The molecule has 0 saturated carbocycles. The van der Waals surface area contributed by atoms with Crippen molar-refractivity contribution >= 4 is 5.69 Å². The number of benzene rings is 1. The van der Waals surface area contributed by atoms with E-state index in [2.05, 4.69) is 28.9 Å². The summed E-state index contributed by atoms with van der Waals surface area (Å²) >= 11 is 0. The molecule has 1 aliphatic heterocycles. The van der Waals surface area contributed by atoms with Gasteiger partial charge in [0.15, 0.2) is 0 Å². The maximum absolute atomic E-state index is 5.57. The second kappa shape index (κ2) is 7.36. The first-order valence-corrected chi connectivity index (χ1v) is 7.02. The van der Waals surface area contributed by atoms with E-state index >= 15 is 0 Å². The van der Waals surface area contributed by atoms with E-state index in [0.717, 1.165) is 38.5 Å². The Morgan fingerprint density at radius 1 is 1.00 bits per heavy atom. The lowest BCUT2D eigenvalue weighted by Gasteiger charge is -2.35. The minimum Gasteiger partial charge on any atom is -0.491 e. The Morgan fingerprint density at radius 3 is 2.26 bits per heavy atom. The third-order valence-corrected chi connectivity index (χ3v) is 3.58. The SMILES string of the molecule is CCN1CCN(c2ccc(OCCOC)cc2)CC1. The standard InChI is InChI=1S/C15H24N2O2/c1-3-16-8-10-17(11-9-16)14-4-6-15(7-5-14)19-13-12-18-2/h4-7H,3,8-13H2,1-2H3. The molecule has 0 bridgehead atoms. The highest BCUT2D eigenvalue weighted by molar-refractivity contribution is 5.49. The highest BCUT2D eigenvalue weighted by Gasteiger charge is 2.15. The third kappa shape index (κ3) is 4.11. The van der Waals surface area contributed by atoms with Crippen LogP contribution in [0, 0.1) is 0 Å². The van der Waals surface area contributed by atoms with Gasteiger partial charge in [-0.15, -0.1) is 0 Å². The van der Waals surface area contributed by atoms with Gasteiger partial charge in [0.2, 0.25) is 0 Å². The summed E-state index contributed by atoms with van der Waals surface area (Å²) in [5.74, 6) is 0.910. The number of rotatable bonds is 6. The summed E-state index contributed by atoms with van der Waals surface area (Å²) < 4.78 is 10.5. The minimum absolute atomic E-state index is 0.602. The zero-order valence-electron chi connectivity index (χ0n) is 12.0. The first-order valence-electron chi connectivity index (χ1n) is 7.02. The number of hydrogen-bond donors (Lipinski definition) is 0. The number of likely N-dealkylation sites (N-methyl/N-ethyl adjacent to an activating group) is 1. The molecule has 1 fully saturated rings. The van der Waals surface area contributed by atoms with Crippen LogP contribution in [0.4, 0.5) is 5.69 Å². The quantitative estimate of drug-likeness (QED) is 0.732. The smallest absolute Gasteiger partial charge is 0.119 e. The lowest BCUT2D eigenvalue weighted by molar-refractivity contribution is 0.146. The van der Waals surface area contributed by atoms with Gasteiger partial charge < -0.3 is 19.3 Å². The van der Waals surface area contributed by atoms with Gasteiger partial charge in [-0.3, -0.25) is 0 Å². The molecule has 0 aliphatic carbocycles. The predicted molar refractivity (Wildman–Crippen MR) is 78.1 cm³/mol. The van der Waals surface area contributed by atoms with E-state index in [1.807, 2.05) is 12.1 Å². The molecule has 1 heterocycles. The summed E-state index contributed by atoms with van der Waals surface area (Å²) in [6.45, 7) is 9.13. The zero-order valence-corrected chi connectivity index (χ0v) is 12.0. The van der Waals surface area contributed by atoms with Crippen LogP contribution in [0.5, 0.6) is 5.75 Å². The second-order valence-corrected chi connectivity index (χ2v) is 4.76. The van der Waals surface area contributed by atoms with Gasteiger partial charge in [-0.25, -0.2) is 0 Å². The van der Waals surface area contributed by atoms with Crippen LogP contribution in [-0.4, -0.2) is 57.9 Å². The number of anilines is 1. The molecule has 0 unspecified atom stereocenters. The Balaban J connectivity index is 1.84. The molecule has 0 atom stereocenters. The lowest BCUT2D eigenvalue weighted by Crippen LogP contribution is -2.46. The summed E-state index contributed by atoms with van der Waals surface area (Å²) in [5.41, 5.74) is 1.29. The van der Waals surface area contributed by atoms with Crippen LogP contribution in [0.1, 0.15) is 6.92 Å². The van der Waals surface area contributed by atoms with Crippen molar-refractivity contribution in [2.24, 2.45) is 0 Å². The van der Waals surface area contributed by atoms with E-state index < -0.39 is 0 Å². The summed E-state index contributed by atoms with van der Waals surface area (Å²) in [6, 6.07) is 8.36. The van der Waals surface area contributed by atoms with Crippen molar-refractivity contribution in [3.8, 4) is 5.75 Å². The Hall–Kier alpha value is -1.26.